The van der Waals surface area contributed by atoms with E-state index in [1.165, 1.54) is 0 Å². The molecule has 0 aromatic heterocycles. The van der Waals surface area contributed by atoms with Crippen LogP contribution in [-0.4, -0.2) is 46.0 Å². The molecule has 0 aliphatic heterocycles. The SMILES string of the molecule is CCC(C)N(C(=O)C(C)NC(=O)OC(C)(C)C)C(C(=O)NC(C)(C)C)c1cc(C)cc(C)c1. The van der Waals surface area contributed by atoms with Crippen LogP contribution < -0.4 is 10.6 Å². The van der Waals surface area contributed by atoms with E-state index in [2.05, 4.69) is 10.6 Å². The minimum Gasteiger partial charge on any atom is -0.444 e. The molecule has 2 N–H and O–H groups in total. The van der Waals surface area contributed by atoms with E-state index in [1.807, 2.05) is 66.7 Å². The molecule has 0 fully saturated rings. The third-order valence-corrected chi connectivity index (χ3v) is 5.01. The van der Waals surface area contributed by atoms with Crippen LogP contribution in [0, 0.1) is 13.8 Å². The second-order valence-electron chi connectivity index (χ2n) is 10.9. The summed E-state index contributed by atoms with van der Waals surface area (Å²) in [5.41, 5.74) is 1.60. The number of carbonyl (C=O) groups is 3. The van der Waals surface area contributed by atoms with Crippen LogP contribution in [0.4, 0.5) is 4.79 Å². The second kappa shape index (κ2) is 11.0. The summed E-state index contributed by atoms with van der Waals surface area (Å²) in [6.07, 6.45) is -0.0239. The summed E-state index contributed by atoms with van der Waals surface area (Å²) in [5, 5.41) is 5.66. The highest BCUT2D eigenvalue weighted by Crippen LogP contribution is 2.28. The van der Waals surface area contributed by atoms with Gasteiger partial charge in [-0.2, -0.15) is 0 Å². The van der Waals surface area contributed by atoms with Crippen molar-refractivity contribution in [3.8, 4) is 0 Å². The Morgan fingerprint density at radius 2 is 1.48 bits per heavy atom. The van der Waals surface area contributed by atoms with Crippen LogP contribution in [0.25, 0.3) is 0 Å². The molecule has 0 saturated heterocycles. The molecule has 0 spiro atoms. The largest absolute Gasteiger partial charge is 0.444 e. The molecule has 186 valence electrons. The summed E-state index contributed by atoms with van der Waals surface area (Å²) >= 11 is 0. The van der Waals surface area contributed by atoms with E-state index in [4.69, 9.17) is 4.74 Å². The maximum absolute atomic E-state index is 13.7. The minimum absolute atomic E-state index is 0.239. The van der Waals surface area contributed by atoms with Gasteiger partial charge in [-0.1, -0.05) is 36.2 Å². The van der Waals surface area contributed by atoms with Crippen molar-refractivity contribution in [1.29, 1.82) is 0 Å². The molecule has 1 rings (SSSR count). The van der Waals surface area contributed by atoms with Gasteiger partial charge >= 0.3 is 6.09 Å². The fourth-order valence-corrected chi connectivity index (χ4v) is 3.61. The van der Waals surface area contributed by atoms with Crippen LogP contribution in [-0.2, 0) is 14.3 Å². The van der Waals surface area contributed by atoms with Crippen LogP contribution in [0.3, 0.4) is 0 Å². The van der Waals surface area contributed by atoms with Gasteiger partial charge < -0.3 is 20.3 Å². The molecule has 3 amide bonds. The molecule has 33 heavy (non-hydrogen) atoms. The number of aryl methyl sites for hydroxylation is 2. The van der Waals surface area contributed by atoms with Crippen molar-refractivity contribution in [2.75, 3.05) is 0 Å². The monoisotopic (exact) mass is 461 g/mol. The lowest BCUT2D eigenvalue weighted by atomic mass is 9.96. The predicted octanol–water partition coefficient (Wildman–Crippen LogP) is 4.80. The number of amides is 3. The van der Waals surface area contributed by atoms with E-state index in [-0.39, 0.29) is 17.9 Å². The lowest BCUT2D eigenvalue weighted by Crippen LogP contribution is -2.56. The van der Waals surface area contributed by atoms with E-state index in [0.717, 1.165) is 16.7 Å². The van der Waals surface area contributed by atoms with E-state index >= 15 is 0 Å². The van der Waals surface area contributed by atoms with Crippen LogP contribution in [0.15, 0.2) is 18.2 Å². The van der Waals surface area contributed by atoms with Gasteiger partial charge in [0.25, 0.3) is 0 Å². The molecule has 0 bridgehead atoms. The first-order valence-electron chi connectivity index (χ1n) is 11.7. The van der Waals surface area contributed by atoms with E-state index < -0.39 is 29.3 Å². The van der Waals surface area contributed by atoms with Crippen molar-refractivity contribution in [3.63, 3.8) is 0 Å². The van der Waals surface area contributed by atoms with Gasteiger partial charge in [0.1, 0.15) is 17.7 Å². The summed E-state index contributed by atoms with van der Waals surface area (Å²) in [6.45, 7) is 20.4. The third-order valence-electron chi connectivity index (χ3n) is 5.01. The summed E-state index contributed by atoms with van der Waals surface area (Å²) in [5.74, 6) is -0.603. The van der Waals surface area contributed by atoms with Crippen LogP contribution in [0.5, 0.6) is 0 Å². The zero-order valence-electron chi connectivity index (χ0n) is 22.3. The maximum Gasteiger partial charge on any atom is 0.408 e. The first-order valence-corrected chi connectivity index (χ1v) is 11.7. The van der Waals surface area contributed by atoms with Crippen molar-refractivity contribution in [2.24, 2.45) is 0 Å². The number of benzene rings is 1. The molecule has 0 heterocycles. The molecule has 0 aliphatic rings. The number of rotatable bonds is 7. The van der Waals surface area contributed by atoms with Crippen molar-refractivity contribution in [2.45, 2.75) is 112 Å². The lowest BCUT2D eigenvalue weighted by Gasteiger charge is -2.39. The van der Waals surface area contributed by atoms with E-state index in [9.17, 15) is 14.4 Å². The Kier molecular flexibility index (Phi) is 9.52. The molecular formula is C26H43N3O4. The van der Waals surface area contributed by atoms with Crippen LogP contribution >= 0.6 is 0 Å². The quantitative estimate of drug-likeness (QED) is 0.611. The standard InChI is InChI=1S/C26H43N3O4/c1-12-18(4)29(23(31)19(5)27-24(32)33-26(9,10)11)21(22(30)28-25(6,7)8)20-14-16(2)13-17(3)15-20/h13-15,18-19,21H,12H2,1-11H3,(H,27,32)(H,28,30). The molecule has 7 heteroatoms. The smallest absolute Gasteiger partial charge is 0.408 e. The Labute approximate surface area is 199 Å². The fraction of sp³-hybridized carbons (Fsp3) is 0.654. The summed E-state index contributed by atoms with van der Waals surface area (Å²) < 4.78 is 5.31. The predicted molar refractivity (Wildman–Crippen MR) is 132 cm³/mol. The minimum atomic E-state index is -0.871. The molecule has 1 aromatic rings. The summed E-state index contributed by atoms with van der Waals surface area (Å²) in [4.78, 5) is 41.1. The average Bonchev–Trinajstić information content (AvgIpc) is 2.60. The van der Waals surface area contributed by atoms with Crippen molar-refractivity contribution >= 4 is 17.9 Å². The Hall–Kier alpha value is -2.57. The Balaban J connectivity index is 3.46. The van der Waals surface area contributed by atoms with Gasteiger partial charge in [0.15, 0.2) is 0 Å². The molecule has 7 nitrogen and oxygen atoms in total. The Morgan fingerprint density at radius 3 is 1.91 bits per heavy atom. The van der Waals surface area contributed by atoms with Crippen molar-refractivity contribution < 1.29 is 19.1 Å². The highest BCUT2D eigenvalue weighted by atomic mass is 16.6. The van der Waals surface area contributed by atoms with Crippen molar-refractivity contribution in [1.82, 2.24) is 15.5 Å². The van der Waals surface area contributed by atoms with Gasteiger partial charge in [0, 0.05) is 11.6 Å². The highest BCUT2D eigenvalue weighted by molar-refractivity contribution is 5.92. The van der Waals surface area contributed by atoms with Gasteiger partial charge in [-0.3, -0.25) is 9.59 Å². The zero-order valence-corrected chi connectivity index (χ0v) is 22.3. The number of nitrogens with one attached hydrogen (secondary N) is 2. The number of nitrogens with zero attached hydrogens (tertiary/aromatic N) is 1. The van der Waals surface area contributed by atoms with Gasteiger partial charge in [0.05, 0.1) is 0 Å². The summed E-state index contributed by atoms with van der Waals surface area (Å²) in [7, 11) is 0. The van der Waals surface area contributed by atoms with E-state index in [1.54, 1.807) is 32.6 Å². The second-order valence-corrected chi connectivity index (χ2v) is 10.9. The normalized spacial score (nSPS) is 14.6. The first kappa shape index (κ1) is 28.5. The fourth-order valence-electron chi connectivity index (χ4n) is 3.61. The molecule has 1 aromatic carbocycles. The topological polar surface area (TPSA) is 87.7 Å². The van der Waals surface area contributed by atoms with Crippen LogP contribution in [0.2, 0.25) is 0 Å². The molecule has 0 radical (unpaired) electrons. The van der Waals surface area contributed by atoms with Crippen molar-refractivity contribution in [3.05, 3.63) is 34.9 Å². The average molecular weight is 462 g/mol. The van der Waals surface area contributed by atoms with Gasteiger partial charge in [-0.25, -0.2) is 4.79 Å². The molecule has 0 aliphatic carbocycles. The van der Waals surface area contributed by atoms with E-state index in [0.29, 0.717) is 6.42 Å². The molecule has 3 unspecified atom stereocenters. The number of hydrogen-bond acceptors (Lipinski definition) is 4. The molecular weight excluding hydrogens is 418 g/mol. The Morgan fingerprint density at radius 1 is 0.970 bits per heavy atom. The first-order chi connectivity index (χ1) is 14.9. The Bertz CT molecular complexity index is 832. The molecule has 0 saturated carbocycles. The number of carbonyl (C=O) groups excluding carboxylic acids is 3. The summed E-state index contributed by atoms with van der Waals surface area (Å²) in [6, 6.07) is 3.96. The number of hydrogen-bond donors (Lipinski definition) is 2. The zero-order chi connectivity index (χ0) is 25.7. The third kappa shape index (κ3) is 9.06. The maximum atomic E-state index is 13.7. The van der Waals surface area contributed by atoms with Crippen LogP contribution in [0.1, 0.15) is 91.5 Å². The molecule has 3 atom stereocenters. The van der Waals surface area contributed by atoms with Gasteiger partial charge in [-0.05, 0) is 81.2 Å². The number of alkyl carbamates (subject to hydrolysis) is 1. The lowest BCUT2D eigenvalue weighted by molar-refractivity contribution is -0.145. The number of ether oxygens (including phenoxy) is 1. The van der Waals surface area contributed by atoms with Gasteiger partial charge in [-0.15, -0.1) is 0 Å². The van der Waals surface area contributed by atoms with Gasteiger partial charge in [0.2, 0.25) is 11.8 Å². The highest BCUT2D eigenvalue weighted by Gasteiger charge is 2.38.